The fourth-order valence-electron chi connectivity index (χ4n) is 2.99. The highest BCUT2D eigenvalue weighted by atomic mass is 127. The Morgan fingerprint density at radius 1 is 1.32 bits per heavy atom. The number of aryl methyl sites for hydroxylation is 2. The summed E-state index contributed by atoms with van der Waals surface area (Å²) >= 11 is 0. The summed E-state index contributed by atoms with van der Waals surface area (Å²) in [6.45, 7) is 4.04. The zero-order valence-electron chi connectivity index (χ0n) is 16.9. The van der Waals surface area contributed by atoms with Crippen molar-refractivity contribution in [2.24, 2.45) is 10.9 Å². The lowest BCUT2D eigenvalue weighted by Crippen LogP contribution is -2.40. The smallest absolute Gasteiger partial charge is 0.193 e. The van der Waals surface area contributed by atoms with Crippen LogP contribution in [-0.4, -0.2) is 54.3 Å². The van der Waals surface area contributed by atoms with Crippen LogP contribution >= 0.6 is 24.0 Å². The highest BCUT2D eigenvalue weighted by Gasteiger charge is 2.21. The maximum absolute atomic E-state index is 5.73. The summed E-state index contributed by atoms with van der Waals surface area (Å²) in [6, 6.07) is 10.5. The molecule has 28 heavy (non-hydrogen) atoms. The van der Waals surface area contributed by atoms with Gasteiger partial charge in [-0.05, 0) is 30.7 Å². The number of ether oxygens (including phenoxy) is 1. The van der Waals surface area contributed by atoms with Gasteiger partial charge in [-0.3, -0.25) is 4.99 Å². The molecule has 1 aliphatic carbocycles. The lowest BCUT2D eigenvalue weighted by atomic mass is 10.1. The molecule has 1 saturated carbocycles. The maximum Gasteiger partial charge on any atom is 0.193 e. The number of rotatable bonds is 10. The SMILES string of the molecule is CN=C(NCc1nccn1CCc1ccccc1)N(C)CCOCC1CC1.I. The molecule has 0 bridgehead atoms. The highest BCUT2D eigenvalue weighted by molar-refractivity contribution is 14.0. The first kappa shape index (κ1) is 22.7. The summed E-state index contributed by atoms with van der Waals surface area (Å²) in [5.41, 5.74) is 1.34. The number of nitrogens with zero attached hydrogens (tertiary/aromatic N) is 4. The van der Waals surface area contributed by atoms with Gasteiger partial charge in [-0.2, -0.15) is 0 Å². The first-order valence-electron chi connectivity index (χ1n) is 9.79. The number of imidazole rings is 1. The van der Waals surface area contributed by atoms with Gasteiger partial charge in [0.05, 0.1) is 13.2 Å². The Labute approximate surface area is 185 Å². The molecule has 0 spiro atoms. The van der Waals surface area contributed by atoms with Gasteiger partial charge in [-0.15, -0.1) is 24.0 Å². The topological polar surface area (TPSA) is 54.7 Å². The second-order valence-corrected chi connectivity index (χ2v) is 7.11. The number of aliphatic imine (C=N–C) groups is 1. The fourth-order valence-corrected chi connectivity index (χ4v) is 2.99. The van der Waals surface area contributed by atoms with Crippen LogP contribution in [0.4, 0.5) is 0 Å². The maximum atomic E-state index is 5.73. The molecular weight excluding hydrogens is 465 g/mol. The summed E-state index contributed by atoms with van der Waals surface area (Å²) in [6.07, 6.45) is 7.56. The molecule has 154 valence electrons. The number of aromatic nitrogens is 2. The number of hydrogen-bond donors (Lipinski definition) is 1. The first-order valence-corrected chi connectivity index (χ1v) is 9.79. The van der Waals surface area contributed by atoms with Crippen LogP contribution in [0.2, 0.25) is 0 Å². The van der Waals surface area contributed by atoms with E-state index in [9.17, 15) is 0 Å². The summed E-state index contributed by atoms with van der Waals surface area (Å²) in [5.74, 6) is 2.69. The number of benzene rings is 1. The van der Waals surface area contributed by atoms with E-state index < -0.39 is 0 Å². The number of hydrogen-bond acceptors (Lipinski definition) is 3. The molecule has 0 radical (unpaired) electrons. The predicted octanol–water partition coefficient (Wildman–Crippen LogP) is 3.18. The van der Waals surface area contributed by atoms with E-state index in [1.54, 1.807) is 0 Å². The van der Waals surface area contributed by atoms with Crippen LogP contribution in [0.3, 0.4) is 0 Å². The van der Waals surface area contributed by atoms with E-state index >= 15 is 0 Å². The molecule has 1 heterocycles. The zero-order chi connectivity index (χ0) is 18.9. The second kappa shape index (κ2) is 12.1. The van der Waals surface area contributed by atoms with Crippen LogP contribution in [0.5, 0.6) is 0 Å². The molecule has 1 aromatic heterocycles. The Bertz CT molecular complexity index is 715. The second-order valence-electron chi connectivity index (χ2n) is 7.11. The third-order valence-electron chi connectivity index (χ3n) is 4.89. The molecule has 2 aromatic rings. The Morgan fingerprint density at radius 3 is 2.82 bits per heavy atom. The van der Waals surface area contributed by atoms with Crippen LogP contribution in [0.15, 0.2) is 47.7 Å². The van der Waals surface area contributed by atoms with Gasteiger partial charge in [0.25, 0.3) is 0 Å². The van der Waals surface area contributed by atoms with Crippen molar-refractivity contribution < 1.29 is 4.74 Å². The zero-order valence-corrected chi connectivity index (χ0v) is 19.2. The van der Waals surface area contributed by atoms with Gasteiger partial charge in [-0.25, -0.2) is 4.98 Å². The average molecular weight is 497 g/mol. The normalized spacial score (nSPS) is 13.9. The van der Waals surface area contributed by atoms with Gasteiger partial charge >= 0.3 is 0 Å². The van der Waals surface area contributed by atoms with Crippen molar-refractivity contribution >= 4 is 29.9 Å². The van der Waals surface area contributed by atoms with Crippen LogP contribution < -0.4 is 5.32 Å². The van der Waals surface area contributed by atoms with Crippen molar-refractivity contribution in [2.75, 3.05) is 33.9 Å². The van der Waals surface area contributed by atoms with E-state index in [0.717, 1.165) is 50.4 Å². The minimum absolute atomic E-state index is 0. The van der Waals surface area contributed by atoms with Crippen LogP contribution in [-0.2, 0) is 24.2 Å². The molecule has 0 amide bonds. The Morgan fingerprint density at radius 2 is 2.11 bits per heavy atom. The molecule has 1 aliphatic rings. The van der Waals surface area contributed by atoms with E-state index in [2.05, 4.69) is 55.1 Å². The predicted molar refractivity (Wildman–Crippen MR) is 124 cm³/mol. The minimum atomic E-state index is 0. The standard InChI is InChI=1S/C21H31N5O.HI/c1-22-21(25(2)14-15-27-17-19-8-9-19)24-16-20-23-11-13-26(20)12-10-18-6-4-3-5-7-18;/h3-7,11,13,19H,8-10,12,14-17H2,1-2H3,(H,22,24);1H. The van der Waals surface area contributed by atoms with Crippen molar-refractivity contribution in [3.63, 3.8) is 0 Å². The number of guanidine groups is 1. The molecule has 0 atom stereocenters. The third kappa shape index (κ3) is 7.43. The molecule has 7 heteroatoms. The number of nitrogens with one attached hydrogen (secondary N) is 1. The molecule has 0 unspecified atom stereocenters. The van der Waals surface area contributed by atoms with Gasteiger partial charge in [0, 0.05) is 46.2 Å². The number of likely N-dealkylation sites (N-methyl/N-ethyl adjacent to an activating group) is 1. The number of halogens is 1. The largest absolute Gasteiger partial charge is 0.379 e. The summed E-state index contributed by atoms with van der Waals surface area (Å²) in [7, 11) is 3.85. The monoisotopic (exact) mass is 497 g/mol. The molecule has 1 N–H and O–H groups in total. The fraction of sp³-hybridized carbons (Fsp3) is 0.524. The molecule has 3 rings (SSSR count). The van der Waals surface area contributed by atoms with E-state index in [1.807, 2.05) is 26.5 Å². The lowest BCUT2D eigenvalue weighted by molar-refractivity contribution is 0.115. The molecule has 0 aliphatic heterocycles. The lowest BCUT2D eigenvalue weighted by Gasteiger charge is -2.22. The van der Waals surface area contributed by atoms with Gasteiger partial charge < -0.3 is 19.5 Å². The molecule has 1 fully saturated rings. The van der Waals surface area contributed by atoms with Crippen molar-refractivity contribution in [3.8, 4) is 0 Å². The van der Waals surface area contributed by atoms with Crippen LogP contribution in [0.25, 0.3) is 0 Å². The quantitative estimate of drug-likeness (QED) is 0.237. The highest BCUT2D eigenvalue weighted by Crippen LogP contribution is 2.28. The van der Waals surface area contributed by atoms with Gasteiger partial charge in [0.1, 0.15) is 5.82 Å². The summed E-state index contributed by atoms with van der Waals surface area (Å²) in [4.78, 5) is 11.0. The van der Waals surface area contributed by atoms with Crippen LogP contribution in [0, 0.1) is 5.92 Å². The van der Waals surface area contributed by atoms with E-state index in [1.165, 1.54) is 18.4 Å². The Hall–Kier alpha value is -1.61. The third-order valence-corrected chi connectivity index (χ3v) is 4.89. The molecule has 1 aromatic carbocycles. The van der Waals surface area contributed by atoms with E-state index in [4.69, 9.17) is 4.74 Å². The van der Waals surface area contributed by atoms with Crippen molar-refractivity contribution in [3.05, 3.63) is 54.1 Å². The van der Waals surface area contributed by atoms with Gasteiger partial charge in [0.15, 0.2) is 5.96 Å². The van der Waals surface area contributed by atoms with E-state index in [0.29, 0.717) is 6.54 Å². The van der Waals surface area contributed by atoms with Crippen molar-refractivity contribution in [2.45, 2.75) is 32.4 Å². The molecule has 6 nitrogen and oxygen atoms in total. The summed E-state index contributed by atoms with van der Waals surface area (Å²) < 4.78 is 7.93. The van der Waals surface area contributed by atoms with Crippen molar-refractivity contribution in [1.29, 1.82) is 0 Å². The van der Waals surface area contributed by atoms with Gasteiger partial charge in [0.2, 0.25) is 0 Å². The molecule has 0 saturated heterocycles. The summed E-state index contributed by atoms with van der Waals surface area (Å²) in [5, 5.41) is 3.41. The van der Waals surface area contributed by atoms with Crippen molar-refractivity contribution in [1.82, 2.24) is 19.8 Å². The average Bonchev–Trinajstić information content (AvgIpc) is 3.42. The Kier molecular flexibility index (Phi) is 9.77. The molecular formula is C21H32IN5O. The van der Waals surface area contributed by atoms with E-state index in [-0.39, 0.29) is 24.0 Å². The van der Waals surface area contributed by atoms with Gasteiger partial charge in [-0.1, -0.05) is 30.3 Å². The minimum Gasteiger partial charge on any atom is -0.379 e. The first-order chi connectivity index (χ1) is 13.3. The Balaban J connectivity index is 0.00000280. The van der Waals surface area contributed by atoms with Crippen LogP contribution in [0.1, 0.15) is 24.2 Å².